The van der Waals surface area contributed by atoms with Crippen LogP contribution in [0.1, 0.15) is 35.2 Å². The Labute approximate surface area is 172 Å². The van der Waals surface area contributed by atoms with E-state index in [4.69, 9.17) is 0 Å². The van der Waals surface area contributed by atoms with Crippen LogP contribution in [0, 0.1) is 5.92 Å². The molecule has 29 heavy (non-hydrogen) atoms. The van der Waals surface area contributed by atoms with E-state index in [1.807, 2.05) is 47.4 Å². The molecule has 2 amide bonds. The van der Waals surface area contributed by atoms with Crippen LogP contribution in [-0.2, 0) is 11.2 Å². The van der Waals surface area contributed by atoms with Gasteiger partial charge in [0.05, 0.1) is 0 Å². The van der Waals surface area contributed by atoms with Crippen molar-refractivity contribution in [3.8, 4) is 0 Å². The molecule has 4 rings (SSSR count). The second-order valence-corrected chi connectivity index (χ2v) is 7.98. The lowest BCUT2D eigenvalue weighted by Gasteiger charge is -2.36. The molecule has 2 aromatic rings. The van der Waals surface area contributed by atoms with Crippen LogP contribution in [0.2, 0.25) is 0 Å². The molecule has 5 nitrogen and oxygen atoms in total. The Morgan fingerprint density at radius 2 is 1.59 bits per heavy atom. The summed E-state index contributed by atoms with van der Waals surface area (Å²) in [6.45, 7) is 3.96. The van der Waals surface area contributed by atoms with Gasteiger partial charge in [-0.25, -0.2) is 0 Å². The maximum atomic E-state index is 12.4. The first kappa shape index (κ1) is 19.5. The summed E-state index contributed by atoms with van der Waals surface area (Å²) in [4.78, 5) is 28.8. The molecule has 1 saturated heterocycles. The normalized spacial score (nSPS) is 16.6. The van der Waals surface area contributed by atoms with Gasteiger partial charge in [0.2, 0.25) is 5.91 Å². The quantitative estimate of drug-likeness (QED) is 0.738. The zero-order valence-corrected chi connectivity index (χ0v) is 16.8. The molecular formula is C24H29N3O2. The van der Waals surface area contributed by atoms with Gasteiger partial charge in [0.1, 0.15) is 0 Å². The minimum absolute atomic E-state index is 0.0236. The van der Waals surface area contributed by atoms with Crippen LogP contribution < -0.4 is 10.2 Å². The Morgan fingerprint density at radius 1 is 0.897 bits per heavy atom. The van der Waals surface area contributed by atoms with E-state index in [1.54, 1.807) is 0 Å². The molecule has 152 valence electrons. The molecule has 1 saturated carbocycles. The van der Waals surface area contributed by atoms with E-state index < -0.39 is 0 Å². The SMILES string of the molecule is O=C(NCCCc1ccccc1)c1ccc(N2CCN(C(=O)C3CC3)CC2)cc1. The Kier molecular flexibility index (Phi) is 6.13. The molecule has 0 atom stereocenters. The molecule has 5 heteroatoms. The van der Waals surface area contributed by atoms with Crippen LogP contribution in [0.3, 0.4) is 0 Å². The van der Waals surface area contributed by atoms with Crippen molar-refractivity contribution in [3.05, 3.63) is 65.7 Å². The van der Waals surface area contributed by atoms with Crippen molar-refractivity contribution >= 4 is 17.5 Å². The summed E-state index contributed by atoms with van der Waals surface area (Å²) in [7, 11) is 0. The van der Waals surface area contributed by atoms with Crippen LogP contribution in [0.4, 0.5) is 5.69 Å². The lowest BCUT2D eigenvalue weighted by Crippen LogP contribution is -2.49. The monoisotopic (exact) mass is 391 g/mol. The minimum atomic E-state index is -0.0236. The molecule has 2 fully saturated rings. The maximum absolute atomic E-state index is 12.4. The molecule has 0 spiro atoms. The lowest BCUT2D eigenvalue weighted by molar-refractivity contribution is -0.132. The van der Waals surface area contributed by atoms with Crippen LogP contribution in [-0.4, -0.2) is 49.4 Å². The number of nitrogens with zero attached hydrogens (tertiary/aromatic N) is 2. The number of piperazine rings is 1. The zero-order chi connectivity index (χ0) is 20.1. The predicted octanol–water partition coefficient (Wildman–Crippen LogP) is 3.11. The topological polar surface area (TPSA) is 52.7 Å². The Morgan fingerprint density at radius 3 is 2.24 bits per heavy atom. The number of benzene rings is 2. The number of carbonyl (C=O) groups excluding carboxylic acids is 2. The first-order valence-corrected chi connectivity index (χ1v) is 10.7. The van der Waals surface area contributed by atoms with Gasteiger partial charge in [-0.3, -0.25) is 9.59 Å². The molecule has 1 aliphatic heterocycles. The molecular weight excluding hydrogens is 362 g/mol. The number of hydrogen-bond donors (Lipinski definition) is 1. The van der Waals surface area contributed by atoms with Crippen LogP contribution in [0.5, 0.6) is 0 Å². The third-order valence-corrected chi connectivity index (χ3v) is 5.78. The van der Waals surface area contributed by atoms with Crippen molar-refractivity contribution in [2.45, 2.75) is 25.7 Å². The van der Waals surface area contributed by atoms with Gasteiger partial charge in [0.25, 0.3) is 5.91 Å². The maximum Gasteiger partial charge on any atom is 0.251 e. The average molecular weight is 392 g/mol. The van der Waals surface area contributed by atoms with Crippen molar-refractivity contribution in [1.82, 2.24) is 10.2 Å². The molecule has 2 aliphatic rings. The van der Waals surface area contributed by atoms with E-state index >= 15 is 0 Å². The summed E-state index contributed by atoms with van der Waals surface area (Å²) in [5.74, 6) is 0.612. The van der Waals surface area contributed by atoms with Gasteiger partial charge in [-0.05, 0) is 55.5 Å². The largest absolute Gasteiger partial charge is 0.368 e. The van der Waals surface area contributed by atoms with Gasteiger partial charge in [0, 0.05) is 49.9 Å². The van der Waals surface area contributed by atoms with Crippen LogP contribution in [0.25, 0.3) is 0 Å². The standard InChI is InChI=1S/C24H29N3O2/c28-23(25-14-4-7-19-5-2-1-3-6-19)20-10-12-22(13-11-20)26-15-17-27(18-16-26)24(29)21-8-9-21/h1-3,5-6,10-13,21H,4,7-9,14-18H2,(H,25,28). The second kappa shape index (κ2) is 9.12. The summed E-state index contributed by atoms with van der Waals surface area (Å²) in [5.41, 5.74) is 3.10. The number of rotatable bonds is 7. The van der Waals surface area contributed by atoms with Gasteiger partial charge < -0.3 is 15.1 Å². The van der Waals surface area contributed by atoms with Crippen molar-refractivity contribution < 1.29 is 9.59 Å². The molecule has 0 aromatic heterocycles. The van der Waals surface area contributed by atoms with Crippen molar-refractivity contribution in [2.75, 3.05) is 37.6 Å². The first-order valence-electron chi connectivity index (χ1n) is 10.7. The average Bonchev–Trinajstić information content (AvgIpc) is 3.63. The van der Waals surface area contributed by atoms with Gasteiger partial charge in [-0.1, -0.05) is 30.3 Å². The molecule has 1 aliphatic carbocycles. The smallest absolute Gasteiger partial charge is 0.251 e. The van der Waals surface area contributed by atoms with E-state index in [9.17, 15) is 9.59 Å². The molecule has 1 heterocycles. The fourth-order valence-corrected chi connectivity index (χ4v) is 3.84. The highest BCUT2D eigenvalue weighted by Gasteiger charge is 2.34. The van der Waals surface area contributed by atoms with Crippen LogP contribution in [0.15, 0.2) is 54.6 Å². The Hall–Kier alpha value is -2.82. The number of aryl methyl sites for hydroxylation is 1. The highest BCUT2D eigenvalue weighted by atomic mass is 16.2. The van der Waals surface area contributed by atoms with Crippen molar-refractivity contribution in [2.24, 2.45) is 5.92 Å². The first-order chi connectivity index (χ1) is 14.2. The predicted molar refractivity (Wildman–Crippen MR) is 115 cm³/mol. The molecule has 0 radical (unpaired) electrons. The van der Waals surface area contributed by atoms with Crippen molar-refractivity contribution in [3.63, 3.8) is 0 Å². The molecule has 0 unspecified atom stereocenters. The number of amides is 2. The van der Waals surface area contributed by atoms with E-state index in [0.717, 1.165) is 57.5 Å². The number of nitrogens with one attached hydrogen (secondary N) is 1. The van der Waals surface area contributed by atoms with E-state index in [0.29, 0.717) is 23.9 Å². The van der Waals surface area contributed by atoms with E-state index in [2.05, 4.69) is 22.3 Å². The van der Waals surface area contributed by atoms with Crippen molar-refractivity contribution in [1.29, 1.82) is 0 Å². The lowest BCUT2D eigenvalue weighted by atomic mass is 10.1. The zero-order valence-electron chi connectivity index (χ0n) is 16.8. The third-order valence-electron chi connectivity index (χ3n) is 5.78. The fraction of sp³-hybridized carbons (Fsp3) is 0.417. The van der Waals surface area contributed by atoms with E-state index in [-0.39, 0.29) is 5.91 Å². The minimum Gasteiger partial charge on any atom is -0.368 e. The van der Waals surface area contributed by atoms with E-state index in [1.165, 1.54) is 5.56 Å². The van der Waals surface area contributed by atoms with Gasteiger partial charge in [-0.2, -0.15) is 0 Å². The molecule has 1 N–H and O–H groups in total. The molecule has 2 aromatic carbocycles. The fourth-order valence-electron chi connectivity index (χ4n) is 3.84. The Balaban J connectivity index is 1.21. The highest BCUT2D eigenvalue weighted by Crippen LogP contribution is 2.31. The van der Waals surface area contributed by atoms with Gasteiger partial charge >= 0.3 is 0 Å². The number of hydrogen-bond acceptors (Lipinski definition) is 3. The molecule has 0 bridgehead atoms. The number of carbonyl (C=O) groups is 2. The summed E-state index contributed by atoms with van der Waals surface area (Å²) in [6, 6.07) is 18.1. The van der Waals surface area contributed by atoms with Gasteiger partial charge in [-0.15, -0.1) is 0 Å². The summed E-state index contributed by atoms with van der Waals surface area (Å²) in [6.07, 6.45) is 4.02. The summed E-state index contributed by atoms with van der Waals surface area (Å²) in [5, 5.41) is 3.01. The highest BCUT2D eigenvalue weighted by molar-refractivity contribution is 5.94. The number of anilines is 1. The van der Waals surface area contributed by atoms with Gasteiger partial charge in [0.15, 0.2) is 0 Å². The summed E-state index contributed by atoms with van der Waals surface area (Å²) >= 11 is 0. The Bertz CT molecular complexity index is 823. The second-order valence-electron chi connectivity index (χ2n) is 7.98. The summed E-state index contributed by atoms with van der Waals surface area (Å²) < 4.78 is 0. The van der Waals surface area contributed by atoms with Crippen LogP contribution >= 0.6 is 0 Å². The third kappa shape index (κ3) is 5.17.